The third kappa shape index (κ3) is 7.82. The summed E-state index contributed by atoms with van der Waals surface area (Å²) < 4.78 is 2.13. The molecule has 4 fully saturated rings. The van der Waals surface area contributed by atoms with Gasteiger partial charge < -0.3 is 24.6 Å². The Morgan fingerprint density at radius 1 is 0.909 bits per heavy atom. The summed E-state index contributed by atoms with van der Waals surface area (Å²) in [4.78, 5) is 60.8. The number of nitrogens with zero attached hydrogens (tertiary/aromatic N) is 8. The molecule has 4 aliphatic rings. The Labute approximate surface area is 323 Å². The molecular formula is C42H54N10O3. The second-order valence-corrected chi connectivity index (χ2v) is 16.3. The maximum atomic E-state index is 13.1. The number of piperazine rings is 1. The number of carbonyl (C=O) groups is 3. The molecule has 0 bridgehead atoms. The Morgan fingerprint density at radius 2 is 1.65 bits per heavy atom. The van der Waals surface area contributed by atoms with Crippen LogP contribution < -0.4 is 15.5 Å². The number of likely N-dealkylation sites (tertiary alicyclic amines) is 1. The standard InChI is InChI=1S/C42H54N10O3/c1-42(18-14-37(53)46-40(42)55)31-10-8-29(9-11-31)15-19-49-20-16-32(17-21-49)50-22-24-51(25-23-50)34-12-13-36(43-28-34)45-41-44-27-30-26-35(39(54)48(2)3)52(38(30)47-41)33-6-4-5-7-33/h8-13,26-28,32-33H,4-7,14-25H2,1-3H3,(H,46,53,55)(H,43,44,45,47). The Kier molecular flexibility index (Phi) is 10.6. The van der Waals surface area contributed by atoms with E-state index in [0.29, 0.717) is 36.3 Å². The first kappa shape index (κ1) is 37.1. The van der Waals surface area contributed by atoms with E-state index in [9.17, 15) is 14.4 Å². The van der Waals surface area contributed by atoms with Crippen LogP contribution in [0.5, 0.6) is 0 Å². The van der Waals surface area contributed by atoms with E-state index in [1.54, 1.807) is 25.2 Å². The quantitative estimate of drug-likeness (QED) is 0.216. The number of carbonyl (C=O) groups excluding carboxylic acids is 3. The Morgan fingerprint density at radius 3 is 2.33 bits per heavy atom. The van der Waals surface area contributed by atoms with E-state index in [-0.39, 0.29) is 23.8 Å². The van der Waals surface area contributed by atoms with E-state index in [1.807, 2.05) is 25.3 Å². The Balaban J connectivity index is 0.800. The fourth-order valence-electron chi connectivity index (χ4n) is 9.02. The molecule has 3 amide bonds. The van der Waals surface area contributed by atoms with Crippen LogP contribution in [0.3, 0.4) is 0 Å². The maximum Gasteiger partial charge on any atom is 0.270 e. The molecule has 1 unspecified atom stereocenters. The highest BCUT2D eigenvalue weighted by Crippen LogP contribution is 2.35. The van der Waals surface area contributed by atoms with Crippen molar-refractivity contribution in [1.82, 2.24) is 39.5 Å². The monoisotopic (exact) mass is 746 g/mol. The summed E-state index contributed by atoms with van der Waals surface area (Å²) in [6.45, 7) is 9.27. The van der Waals surface area contributed by atoms with Crippen LogP contribution in [0.2, 0.25) is 0 Å². The Hall–Kier alpha value is -4.88. The maximum absolute atomic E-state index is 13.1. The number of piperidine rings is 2. The normalized spacial score (nSPS) is 22.0. The van der Waals surface area contributed by atoms with Gasteiger partial charge in [0.2, 0.25) is 17.8 Å². The van der Waals surface area contributed by atoms with Gasteiger partial charge in [0.1, 0.15) is 17.2 Å². The van der Waals surface area contributed by atoms with E-state index >= 15 is 0 Å². The van der Waals surface area contributed by atoms with Gasteiger partial charge in [-0.2, -0.15) is 4.98 Å². The smallest absolute Gasteiger partial charge is 0.270 e. The molecular weight excluding hydrogens is 693 g/mol. The molecule has 3 aliphatic heterocycles. The number of benzene rings is 1. The number of aromatic nitrogens is 4. The zero-order valence-corrected chi connectivity index (χ0v) is 32.5. The molecule has 1 saturated carbocycles. The second kappa shape index (κ2) is 15.7. The van der Waals surface area contributed by atoms with Crippen LogP contribution in [0.15, 0.2) is 54.9 Å². The van der Waals surface area contributed by atoms with Crippen LogP contribution >= 0.6 is 0 Å². The lowest BCUT2D eigenvalue weighted by molar-refractivity contribution is -0.137. The summed E-state index contributed by atoms with van der Waals surface area (Å²) in [6.07, 6.45) is 12.5. The summed E-state index contributed by atoms with van der Waals surface area (Å²) in [5.74, 6) is 0.780. The van der Waals surface area contributed by atoms with Gasteiger partial charge in [0.15, 0.2) is 0 Å². The van der Waals surface area contributed by atoms with Gasteiger partial charge in [0, 0.05) is 76.9 Å². The molecule has 1 aliphatic carbocycles. The molecule has 6 heterocycles. The predicted octanol–water partition coefficient (Wildman–Crippen LogP) is 4.91. The fraction of sp³-hybridized carbons (Fsp3) is 0.524. The fourth-order valence-corrected chi connectivity index (χ4v) is 9.02. The van der Waals surface area contributed by atoms with Crippen LogP contribution in [-0.4, -0.2) is 118 Å². The van der Waals surface area contributed by atoms with E-state index in [0.717, 1.165) is 100 Å². The molecule has 13 heteroatoms. The van der Waals surface area contributed by atoms with Crippen molar-refractivity contribution in [2.24, 2.45) is 0 Å². The lowest BCUT2D eigenvalue weighted by atomic mass is 9.75. The van der Waals surface area contributed by atoms with Gasteiger partial charge >= 0.3 is 0 Å². The van der Waals surface area contributed by atoms with Crippen molar-refractivity contribution in [3.8, 4) is 0 Å². The molecule has 0 spiro atoms. The lowest BCUT2D eigenvalue weighted by Crippen LogP contribution is -2.53. The van der Waals surface area contributed by atoms with Crippen molar-refractivity contribution in [3.63, 3.8) is 0 Å². The molecule has 55 heavy (non-hydrogen) atoms. The van der Waals surface area contributed by atoms with Crippen LogP contribution in [0, 0.1) is 0 Å². The van der Waals surface area contributed by atoms with Crippen LogP contribution in [0.4, 0.5) is 17.5 Å². The number of nitrogens with one attached hydrogen (secondary N) is 2. The molecule has 8 rings (SSSR count). The van der Waals surface area contributed by atoms with Crippen molar-refractivity contribution in [2.45, 2.75) is 82.2 Å². The van der Waals surface area contributed by atoms with Crippen LogP contribution in [-0.2, 0) is 21.4 Å². The number of imide groups is 1. The van der Waals surface area contributed by atoms with Crippen molar-refractivity contribution in [3.05, 3.63) is 71.7 Å². The van der Waals surface area contributed by atoms with Gasteiger partial charge in [0.05, 0.1) is 17.3 Å². The van der Waals surface area contributed by atoms with E-state index < -0.39 is 5.41 Å². The van der Waals surface area contributed by atoms with Crippen LogP contribution in [0.25, 0.3) is 11.0 Å². The molecule has 3 aromatic heterocycles. The number of rotatable bonds is 10. The first-order chi connectivity index (χ1) is 26.6. The second-order valence-electron chi connectivity index (χ2n) is 16.3. The van der Waals surface area contributed by atoms with Gasteiger partial charge in [-0.25, -0.2) is 9.97 Å². The predicted molar refractivity (Wildman–Crippen MR) is 214 cm³/mol. The number of fused-ring (bicyclic) bond motifs is 1. The van der Waals surface area contributed by atoms with Gasteiger partial charge in [-0.1, -0.05) is 37.1 Å². The lowest BCUT2D eigenvalue weighted by Gasteiger charge is -2.43. The van der Waals surface area contributed by atoms with Gasteiger partial charge in [-0.3, -0.25) is 24.6 Å². The largest absolute Gasteiger partial charge is 0.368 e. The molecule has 3 saturated heterocycles. The van der Waals surface area contributed by atoms with Crippen molar-refractivity contribution < 1.29 is 14.4 Å². The number of hydrogen-bond donors (Lipinski definition) is 2. The zero-order valence-electron chi connectivity index (χ0n) is 32.5. The highest BCUT2D eigenvalue weighted by molar-refractivity contribution is 6.03. The van der Waals surface area contributed by atoms with Gasteiger partial charge in [0.25, 0.3) is 5.91 Å². The summed E-state index contributed by atoms with van der Waals surface area (Å²) in [5.41, 5.74) is 4.20. The zero-order chi connectivity index (χ0) is 38.1. The average molecular weight is 747 g/mol. The third-order valence-electron chi connectivity index (χ3n) is 12.5. The highest BCUT2D eigenvalue weighted by Gasteiger charge is 2.40. The molecule has 290 valence electrons. The molecule has 1 aromatic carbocycles. The van der Waals surface area contributed by atoms with Crippen molar-refractivity contribution in [2.75, 3.05) is 70.1 Å². The molecule has 0 radical (unpaired) electrons. The Bertz CT molecular complexity index is 2010. The van der Waals surface area contributed by atoms with E-state index in [2.05, 4.69) is 65.2 Å². The number of hydrogen-bond acceptors (Lipinski definition) is 10. The SMILES string of the molecule is CN(C)C(=O)c1cc2cnc(Nc3ccc(N4CCN(C5CCN(CCc6ccc(C7(C)CCC(=O)NC7=O)cc6)CC5)CC4)cn3)nc2n1C1CCCC1. The average Bonchev–Trinajstić information content (AvgIpc) is 3.87. The minimum absolute atomic E-state index is 0.0151. The summed E-state index contributed by atoms with van der Waals surface area (Å²) in [7, 11) is 3.58. The van der Waals surface area contributed by atoms with Crippen molar-refractivity contribution in [1.29, 1.82) is 0 Å². The first-order valence-corrected chi connectivity index (χ1v) is 20.1. The molecule has 13 nitrogen and oxygen atoms in total. The number of anilines is 3. The minimum atomic E-state index is -0.643. The summed E-state index contributed by atoms with van der Waals surface area (Å²) >= 11 is 0. The van der Waals surface area contributed by atoms with Crippen LogP contribution in [0.1, 0.15) is 85.9 Å². The van der Waals surface area contributed by atoms with Crippen molar-refractivity contribution >= 4 is 46.2 Å². The topological polar surface area (TPSA) is 132 Å². The first-order valence-electron chi connectivity index (χ1n) is 20.1. The minimum Gasteiger partial charge on any atom is -0.368 e. The summed E-state index contributed by atoms with van der Waals surface area (Å²) in [5, 5.41) is 6.68. The van der Waals surface area contributed by atoms with E-state index in [4.69, 9.17) is 9.97 Å². The third-order valence-corrected chi connectivity index (χ3v) is 12.5. The van der Waals surface area contributed by atoms with Gasteiger partial charge in [-0.15, -0.1) is 0 Å². The molecule has 1 atom stereocenters. The highest BCUT2D eigenvalue weighted by atomic mass is 16.2. The van der Waals surface area contributed by atoms with E-state index in [1.165, 1.54) is 18.4 Å². The van der Waals surface area contributed by atoms with Gasteiger partial charge in [-0.05, 0) is 87.9 Å². The number of amides is 3. The number of pyridine rings is 1. The summed E-state index contributed by atoms with van der Waals surface area (Å²) in [6, 6.07) is 15.4. The molecule has 2 N–H and O–H groups in total. The molecule has 4 aromatic rings.